The average Bonchev–Trinajstić information content (AvgIpc) is 3.08. The van der Waals surface area contributed by atoms with Gasteiger partial charge in [0.2, 0.25) is 5.88 Å². The number of aromatic hydroxyl groups is 1. The zero-order valence-corrected chi connectivity index (χ0v) is 17.7. The number of fused-ring (bicyclic) bond motifs is 1. The lowest BCUT2D eigenvalue weighted by Gasteiger charge is -2.33. The summed E-state index contributed by atoms with van der Waals surface area (Å²) in [7, 11) is 0. The Morgan fingerprint density at radius 3 is 2.77 bits per heavy atom. The summed E-state index contributed by atoms with van der Waals surface area (Å²) in [4.78, 5) is 29.7. The molecule has 1 fully saturated rings. The molecule has 0 unspecified atom stereocenters. The zero-order chi connectivity index (χ0) is 22.0. The summed E-state index contributed by atoms with van der Waals surface area (Å²) in [5.41, 5.74) is -0.339. The second kappa shape index (κ2) is 8.52. The number of rotatable bonds is 6. The van der Waals surface area contributed by atoms with Crippen LogP contribution in [0.15, 0.2) is 36.5 Å². The van der Waals surface area contributed by atoms with Crippen molar-refractivity contribution in [1.82, 2.24) is 10.3 Å². The number of carbonyl (C=O) groups excluding carboxylic acids is 1. The Kier molecular flexibility index (Phi) is 5.79. The molecule has 1 amide bonds. The summed E-state index contributed by atoms with van der Waals surface area (Å²) >= 11 is 1.46. The third-order valence-corrected chi connectivity index (χ3v) is 6.52. The van der Waals surface area contributed by atoms with E-state index in [0.717, 1.165) is 9.58 Å². The van der Waals surface area contributed by atoms with Gasteiger partial charge in [-0.15, -0.1) is 11.3 Å². The second-order valence-corrected chi connectivity index (χ2v) is 8.68. The van der Waals surface area contributed by atoms with Gasteiger partial charge in [0, 0.05) is 47.2 Å². The van der Waals surface area contributed by atoms with Gasteiger partial charge in [-0.1, -0.05) is 0 Å². The number of nitrogens with zero attached hydrogens (tertiary/aromatic N) is 1. The monoisotopic (exact) mass is 442 g/mol. The van der Waals surface area contributed by atoms with Crippen LogP contribution in [0.1, 0.15) is 33.6 Å². The van der Waals surface area contributed by atoms with Gasteiger partial charge in [0.05, 0.1) is 11.1 Å². The Hall–Kier alpha value is -3.17. The van der Waals surface area contributed by atoms with E-state index in [2.05, 4.69) is 10.3 Å². The topological polar surface area (TPSA) is 118 Å². The van der Waals surface area contributed by atoms with E-state index in [4.69, 9.17) is 9.47 Å². The Labute approximate surface area is 182 Å². The van der Waals surface area contributed by atoms with E-state index in [9.17, 15) is 19.8 Å². The first-order valence-electron chi connectivity index (χ1n) is 9.82. The van der Waals surface area contributed by atoms with E-state index in [1.807, 2.05) is 13.0 Å². The van der Waals surface area contributed by atoms with Gasteiger partial charge >= 0.3 is 5.97 Å². The average molecular weight is 442 g/mol. The first-order valence-corrected chi connectivity index (χ1v) is 10.6. The summed E-state index contributed by atoms with van der Waals surface area (Å²) in [5.74, 6) is -1.04. The Balaban J connectivity index is 1.60. The lowest BCUT2D eigenvalue weighted by molar-refractivity contribution is -0.148. The Bertz CT molecular complexity index is 1140. The van der Waals surface area contributed by atoms with Gasteiger partial charge in [-0.25, -0.2) is 9.78 Å². The van der Waals surface area contributed by atoms with Crippen molar-refractivity contribution in [3.63, 3.8) is 0 Å². The van der Waals surface area contributed by atoms with Crippen molar-refractivity contribution in [2.24, 2.45) is 0 Å². The van der Waals surface area contributed by atoms with Gasteiger partial charge in [-0.05, 0) is 37.3 Å². The van der Waals surface area contributed by atoms with Crippen molar-refractivity contribution in [1.29, 1.82) is 0 Å². The predicted octanol–water partition coefficient (Wildman–Crippen LogP) is 3.25. The minimum absolute atomic E-state index is 0.0922. The number of hydrogen-bond donors (Lipinski definition) is 3. The van der Waals surface area contributed by atoms with E-state index in [1.165, 1.54) is 17.5 Å². The number of ether oxygens (including phenoxy) is 2. The van der Waals surface area contributed by atoms with Crippen molar-refractivity contribution in [2.75, 3.05) is 13.2 Å². The second-order valence-electron chi connectivity index (χ2n) is 7.42. The van der Waals surface area contributed by atoms with Crippen LogP contribution in [0.25, 0.3) is 10.1 Å². The third-order valence-electron chi connectivity index (χ3n) is 5.43. The van der Waals surface area contributed by atoms with Crippen LogP contribution in [-0.4, -0.2) is 45.8 Å². The van der Waals surface area contributed by atoms with Crippen molar-refractivity contribution in [2.45, 2.75) is 31.9 Å². The summed E-state index contributed by atoms with van der Waals surface area (Å²) in [6.45, 7) is 2.54. The smallest absolute Gasteiger partial charge is 0.329 e. The lowest BCUT2D eigenvalue weighted by Crippen LogP contribution is -2.57. The van der Waals surface area contributed by atoms with Crippen LogP contribution in [0.3, 0.4) is 0 Å². The molecule has 0 bridgehead atoms. The summed E-state index contributed by atoms with van der Waals surface area (Å²) in [6.07, 6.45) is 1.93. The summed E-state index contributed by atoms with van der Waals surface area (Å²) < 4.78 is 12.0. The van der Waals surface area contributed by atoms with E-state index in [-0.39, 0.29) is 38.5 Å². The molecular formula is C22H22N2O6S. The normalized spacial score (nSPS) is 15.5. The molecule has 1 saturated heterocycles. The molecule has 0 spiro atoms. The zero-order valence-electron chi connectivity index (χ0n) is 16.9. The minimum atomic E-state index is -1.33. The lowest BCUT2D eigenvalue weighted by atomic mass is 9.89. The van der Waals surface area contributed by atoms with Crippen LogP contribution in [0.2, 0.25) is 0 Å². The molecule has 162 valence electrons. The van der Waals surface area contributed by atoms with E-state index in [0.29, 0.717) is 22.3 Å². The number of hydrogen-bond acceptors (Lipinski definition) is 7. The Morgan fingerprint density at radius 2 is 2.06 bits per heavy atom. The number of aliphatic carboxylic acids is 1. The van der Waals surface area contributed by atoms with Gasteiger partial charge < -0.3 is 25.0 Å². The number of carboxylic acid groups (broad SMARTS) is 1. The fraction of sp³-hybridized carbons (Fsp3) is 0.318. The van der Waals surface area contributed by atoms with Crippen LogP contribution in [0.4, 0.5) is 0 Å². The fourth-order valence-corrected chi connectivity index (χ4v) is 4.71. The van der Waals surface area contributed by atoms with Gasteiger partial charge in [-0.2, -0.15) is 0 Å². The van der Waals surface area contributed by atoms with Gasteiger partial charge in [-0.3, -0.25) is 4.79 Å². The molecule has 1 aliphatic rings. The number of pyridine rings is 1. The summed E-state index contributed by atoms with van der Waals surface area (Å²) in [6, 6.07) is 8.85. The number of amides is 1. The number of benzene rings is 1. The molecule has 9 heteroatoms. The number of carboxylic acids is 1. The van der Waals surface area contributed by atoms with Gasteiger partial charge in [0.25, 0.3) is 5.91 Å². The molecular weight excluding hydrogens is 420 g/mol. The molecule has 3 N–H and O–H groups in total. The van der Waals surface area contributed by atoms with E-state index in [1.54, 1.807) is 24.3 Å². The van der Waals surface area contributed by atoms with Crippen LogP contribution >= 0.6 is 11.3 Å². The van der Waals surface area contributed by atoms with Gasteiger partial charge in [0.15, 0.2) is 0 Å². The maximum atomic E-state index is 13.2. The molecule has 0 radical (unpaired) electrons. The maximum Gasteiger partial charge on any atom is 0.329 e. The largest absolute Gasteiger partial charge is 0.493 e. The number of aryl methyl sites for hydroxylation is 1. The highest BCUT2D eigenvalue weighted by molar-refractivity contribution is 7.19. The quantitative estimate of drug-likeness (QED) is 0.536. The first-order chi connectivity index (χ1) is 14.9. The molecule has 8 nitrogen and oxygen atoms in total. The molecule has 1 aliphatic heterocycles. The highest BCUT2D eigenvalue weighted by atomic mass is 32.1. The molecule has 2 aromatic heterocycles. The highest BCUT2D eigenvalue weighted by Crippen LogP contribution is 2.34. The standard InChI is InChI=1S/C22H22N2O6S/c1-13-18(20(26)24-22(21(27)28)6-9-29-10-7-22)16-11-15(4-5-17(16)31-13)30-12-14-3-2-8-23-19(14)25/h2-5,8,11H,6-7,9-10,12H2,1H3,(H,23,25)(H,24,26)(H,27,28). The molecule has 3 aromatic rings. The fourth-order valence-electron chi connectivity index (χ4n) is 3.67. The number of aromatic nitrogens is 1. The molecule has 3 heterocycles. The molecule has 0 aliphatic carbocycles. The number of thiophene rings is 1. The molecule has 4 rings (SSSR count). The van der Waals surface area contributed by atoms with E-state index < -0.39 is 17.4 Å². The molecule has 31 heavy (non-hydrogen) atoms. The number of nitrogens with one attached hydrogen (secondary N) is 1. The summed E-state index contributed by atoms with van der Waals surface area (Å²) in [5, 5.41) is 23.0. The maximum absolute atomic E-state index is 13.2. The van der Waals surface area contributed by atoms with E-state index >= 15 is 0 Å². The number of carbonyl (C=O) groups is 2. The van der Waals surface area contributed by atoms with Crippen LogP contribution in [0, 0.1) is 6.92 Å². The van der Waals surface area contributed by atoms with Crippen molar-refractivity contribution >= 4 is 33.3 Å². The van der Waals surface area contributed by atoms with Crippen molar-refractivity contribution in [3.05, 3.63) is 52.5 Å². The van der Waals surface area contributed by atoms with Crippen LogP contribution < -0.4 is 10.1 Å². The van der Waals surface area contributed by atoms with Crippen molar-refractivity contribution in [3.8, 4) is 11.6 Å². The first kappa shape index (κ1) is 21.1. The minimum Gasteiger partial charge on any atom is -0.493 e. The predicted molar refractivity (Wildman–Crippen MR) is 115 cm³/mol. The molecule has 0 saturated carbocycles. The molecule has 1 aromatic carbocycles. The SMILES string of the molecule is Cc1sc2ccc(OCc3cccnc3O)cc2c1C(=O)NC1(C(=O)O)CCOCC1. The third kappa shape index (κ3) is 4.19. The van der Waals surface area contributed by atoms with Crippen LogP contribution in [-0.2, 0) is 16.1 Å². The molecule has 0 atom stereocenters. The van der Waals surface area contributed by atoms with Crippen LogP contribution in [0.5, 0.6) is 11.6 Å². The van der Waals surface area contributed by atoms with Crippen molar-refractivity contribution < 1.29 is 29.3 Å². The van der Waals surface area contributed by atoms with Gasteiger partial charge in [0.1, 0.15) is 17.9 Å². The highest BCUT2D eigenvalue weighted by Gasteiger charge is 2.42. The Morgan fingerprint density at radius 1 is 1.29 bits per heavy atom.